The molecular weight excluding hydrogens is 420 g/mol. The van der Waals surface area contributed by atoms with Crippen molar-refractivity contribution in [1.29, 1.82) is 0 Å². The SMILES string of the molecule is CS(=O)(=O)c1ncc2ccc(=O)n(CCCS(=O)(=O)n3cnc(C4CC4)n3)c2n1. The number of aryl methyl sites for hydroxylation is 1. The first-order valence-electron chi connectivity index (χ1n) is 8.87. The third kappa shape index (κ3) is 4.05. The molecule has 3 aromatic heterocycles. The minimum atomic E-state index is -3.71. The summed E-state index contributed by atoms with van der Waals surface area (Å²) < 4.78 is 50.5. The molecule has 0 radical (unpaired) electrons. The number of aromatic nitrogens is 6. The Morgan fingerprint density at radius 3 is 2.59 bits per heavy atom. The van der Waals surface area contributed by atoms with E-state index in [1.807, 2.05) is 0 Å². The number of fused-ring (bicyclic) bond motifs is 1. The van der Waals surface area contributed by atoms with E-state index in [1.54, 1.807) is 0 Å². The topological polar surface area (TPSA) is 147 Å². The Hall–Kier alpha value is -2.67. The van der Waals surface area contributed by atoms with Crippen LogP contribution in [-0.4, -0.2) is 57.5 Å². The highest BCUT2D eigenvalue weighted by Gasteiger charge is 2.29. The van der Waals surface area contributed by atoms with Gasteiger partial charge in [0.05, 0.1) is 5.75 Å². The lowest BCUT2D eigenvalue weighted by Crippen LogP contribution is -2.24. The maximum Gasteiger partial charge on any atom is 0.255 e. The number of nitrogens with zero attached hydrogens (tertiary/aromatic N) is 6. The van der Waals surface area contributed by atoms with E-state index in [9.17, 15) is 21.6 Å². The highest BCUT2D eigenvalue weighted by Crippen LogP contribution is 2.37. The van der Waals surface area contributed by atoms with Crippen LogP contribution in [0.2, 0.25) is 0 Å². The first-order valence-corrected chi connectivity index (χ1v) is 12.4. The molecule has 0 spiro atoms. The van der Waals surface area contributed by atoms with Crippen LogP contribution in [0.25, 0.3) is 11.0 Å². The molecule has 1 aliphatic carbocycles. The summed E-state index contributed by atoms with van der Waals surface area (Å²) in [5, 5.41) is 4.12. The second-order valence-corrected chi connectivity index (χ2v) is 10.8. The summed E-state index contributed by atoms with van der Waals surface area (Å²) in [7, 11) is -7.37. The van der Waals surface area contributed by atoms with Crippen molar-refractivity contribution in [1.82, 2.24) is 28.7 Å². The van der Waals surface area contributed by atoms with Crippen molar-refractivity contribution in [2.75, 3.05) is 12.0 Å². The first kappa shape index (κ1) is 19.6. The Morgan fingerprint density at radius 2 is 1.90 bits per heavy atom. The molecule has 0 bridgehead atoms. The summed E-state index contributed by atoms with van der Waals surface area (Å²) in [6.45, 7) is 0.0415. The molecule has 1 aliphatic rings. The van der Waals surface area contributed by atoms with E-state index in [-0.39, 0.29) is 30.3 Å². The van der Waals surface area contributed by atoms with Gasteiger partial charge in [-0.1, -0.05) is 0 Å². The van der Waals surface area contributed by atoms with Gasteiger partial charge in [-0.25, -0.2) is 26.8 Å². The van der Waals surface area contributed by atoms with Crippen molar-refractivity contribution in [2.45, 2.75) is 36.9 Å². The van der Waals surface area contributed by atoms with Gasteiger partial charge >= 0.3 is 0 Å². The first-order chi connectivity index (χ1) is 13.6. The number of pyridine rings is 1. The molecule has 1 fully saturated rings. The number of rotatable bonds is 7. The van der Waals surface area contributed by atoms with Gasteiger partial charge < -0.3 is 0 Å². The molecule has 13 heteroatoms. The lowest BCUT2D eigenvalue weighted by molar-refractivity contribution is 0.569. The molecule has 3 heterocycles. The summed E-state index contributed by atoms with van der Waals surface area (Å²) in [4.78, 5) is 24.1. The predicted octanol–water partition coefficient (Wildman–Crippen LogP) is -0.0679. The highest BCUT2D eigenvalue weighted by molar-refractivity contribution is 7.90. The third-order valence-corrected chi connectivity index (χ3v) is 6.94. The van der Waals surface area contributed by atoms with E-state index in [4.69, 9.17) is 0 Å². The molecule has 0 aliphatic heterocycles. The van der Waals surface area contributed by atoms with Crippen molar-refractivity contribution < 1.29 is 16.8 Å². The lowest BCUT2D eigenvalue weighted by Gasteiger charge is -2.10. The molecule has 0 amide bonds. The summed E-state index contributed by atoms with van der Waals surface area (Å²) >= 11 is 0. The van der Waals surface area contributed by atoms with Crippen LogP contribution in [0, 0.1) is 0 Å². The fraction of sp³-hybridized carbons (Fsp3) is 0.438. The van der Waals surface area contributed by atoms with Crippen molar-refractivity contribution in [3.63, 3.8) is 0 Å². The quantitative estimate of drug-likeness (QED) is 0.462. The Balaban J connectivity index is 1.57. The molecule has 0 atom stereocenters. The van der Waals surface area contributed by atoms with Crippen LogP contribution in [0.3, 0.4) is 0 Å². The normalized spacial score (nSPS) is 15.1. The smallest absolute Gasteiger partial charge is 0.255 e. The van der Waals surface area contributed by atoms with Gasteiger partial charge in [0.25, 0.3) is 15.6 Å². The van der Waals surface area contributed by atoms with Crippen molar-refractivity contribution in [3.8, 4) is 0 Å². The maximum atomic E-state index is 12.5. The van der Waals surface area contributed by atoms with Crippen LogP contribution in [0.1, 0.15) is 31.0 Å². The van der Waals surface area contributed by atoms with Crippen molar-refractivity contribution >= 4 is 30.9 Å². The van der Waals surface area contributed by atoms with Gasteiger partial charge in [0.1, 0.15) is 12.0 Å². The minimum Gasteiger partial charge on any atom is -0.293 e. The van der Waals surface area contributed by atoms with Crippen LogP contribution in [0.4, 0.5) is 0 Å². The second kappa shape index (κ2) is 6.99. The van der Waals surface area contributed by atoms with Crippen LogP contribution < -0.4 is 5.56 Å². The largest absolute Gasteiger partial charge is 0.293 e. The Labute approximate surface area is 166 Å². The molecule has 29 heavy (non-hydrogen) atoms. The van der Waals surface area contributed by atoms with Crippen LogP contribution >= 0.6 is 0 Å². The molecule has 0 aromatic carbocycles. The van der Waals surface area contributed by atoms with E-state index in [0.29, 0.717) is 11.2 Å². The zero-order valence-electron chi connectivity index (χ0n) is 15.5. The standard InChI is InChI=1S/C16H18N6O5S2/c1-28(24,25)16-17-9-12-5-6-13(23)21(15(12)19-16)7-2-8-29(26,27)22-10-18-14(20-22)11-3-4-11/h5-6,9-11H,2-4,7-8H2,1H3. The monoisotopic (exact) mass is 438 g/mol. The summed E-state index contributed by atoms with van der Waals surface area (Å²) in [6, 6.07) is 2.80. The Bertz CT molecular complexity index is 1360. The number of sulfone groups is 1. The van der Waals surface area contributed by atoms with Gasteiger partial charge in [0.2, 0.25) is 15.0 Å². The zero-order chi connectivity index (χ0) is 20.8. The van der Waals surface area contributed by atoms with Crippen LogP contribution in [0.15, 0.2) is 34.6 Å². The summed E-state index contributed by atoms with van der Waals surface area (Å²) in [6.07, 6.45) is 5.52. The minimum absolute atomic E-state index is 0.0415. The van der Waals surface area contributed by atoms with Gasteiger partial charge in [-0.05, 0) is 25.3 Å². The summed E-state index contributed by atoms with van der Waals surface area (Å²) in [5.41, 5.74) is -0.271. The molecule has 0 saturated heterocycles. The maximum absolute atomic E-state index is 12.5. The fourth-order valence-corrected chi connectivity index (χ4v) is 4.45. The molecule has 0 unspecified atom stereocenters. The highest BCUT2D eigenvalue weighted by atomic mass is 32.2. The van der Waals surface area contributed by atoms with E-state index in [1.165, 1.54) is 29.2 Å². The molecule has 4 rings (SSSR count). The second-order valence-electron chi connectivity index (χ2n) is 6.95. The zero-order valence-corrected chi connectivity index (χ0v) is 17.1. The van der Waals surface area contributed by atoms with Crippen LogP contribution in [-0.2, 0) is 26.4 Å². The fourth-order valence-electron chi connectivity index (χ4n) is 2.87. The number of hydrogen-bond donors (Lipinski definition) is 0. The third-order valence-electron chi connectivity index (χ3n) is 4.53. The van der Waals surface area contributed by atoms with Crippen LogP contribution in [0.5, 0.6) is 0 Å². The van der Waals surface area contributed by atoms with Gasteiger partial charge in [-0.3, -0.25) is 9.36 Å². The summed E-state index contributed by atoms with van der Waals surface area (Å²) in [5.74, 6) is 0.515. The molecule has 3 aromatic rings. The van der Waals surface area contributed by atoms with E-state index < -0.39 is 30.6 Å². The Morgan fingerprint density at radius 1 is 1.14 bits per heavy atom. The van der Waals surface area contributed by atoms with E-state index in [0.717, 1.165) is 23.2 Å². The van der Waals surface area contributed by atoms with Crippen molar-refractivity contribution in [3.05, 3.63) is 40.8 Å². The lowest BCUT2D eigenvalue weighted by atomic mass is 10.3. The van der Waals surface area contributed by atoms with Gasteiger partial charge in [-0.2, -0.15) is 4.98 Å². The molecular formula is C16H18N6O5S2. The molecule has 1 saturated carbocycles. The number of hydrogen-bond acceptors (Lipinski definition) is 9. The van der Waals surface area contributed by atoms with Gasteiger partial charge in [0, 0.05) is 36.4 Å². The Kier molecular flexibility index (Phi) is 4.73. The van der Waals surface area contributed by atoms with E-state index in [2.05, 4.69) is 20.1 Å². The predicted molar refractivity (Wildman–Crippen MR) is 103 cm³/mol. The average Bonchev–Trinajstić information content (AvgIpc) is 3.38. The average molecular weight is 438 g/mol. The molecule has 0 N–H and O–H groups in total. The molecule has 11 nitrogen and oxygen atoms in total. The van der Waals surface area contributed by atoms with E-state index >= 15 is 0 Å². The van der Waals surface area contributed by atoms with Gasteiger partial charge in [-0.15, -0.1) is 9.19 Å². The van der Waals surface area contributed by atoms with Crippen molar-refractivity contribution in [2.24, 2.45) is 0 Å². The van der Waals surface area contributed by atoms with Gasteiger partial charge in [0.15, 0.2) is 5.82 Å². The molecule has 154 valence electrons.